The molecule has 5 heteroatoms. The van der Waals surface area contributed by atoms with Gasteiger partial charge in [-0.3, -0.25) is 5.10 Å². The molecule has 0 radical (unpaired) electrons. The monoisotopic (exact) mass is 267 g/mol. The van der Waals surface area contributed by atoms with Gasteiger partial charge in [-0.2, -0.15) is 5.10 Å². The topological polar surface area (TPSA) is 33.6 Å². The Morgan fingerprint density at radius 3 is 3.06 bits per heavy atom. The quantitative estimate of drug-likeness (QED) is 0.812. The zero-order valence-electron chi connectivity index (χ0n) is 9.98. The van der Waals surface area contributed by atoms with Crippen molar-refractivity contribution in [3.05, 3.63) is 33.0 Å². The maximum Gasteiger partial charge on any atom is 0.195 e. The molecule has 0 unspecified atom stereocenters. The van der Waals surface area contributed by atoms with Gasteiger partial charge in [-0.15, -0.1) is 11.3 Å². The summed E-state index contributed by atoms with van der Waals surface area (Å²) in [4.78, 5) is 1.45. The maximum atomic E-state index is 5.22. The van der Waals surface area contributed by atoms with E-state index in [1.165, 1.54) is 4.88 Å². The van der Waals surface area contributed by atoms with Crippen molar-refractivity contribution in [1.82, 2.24) is 14.8 Å². The van der Waals surface area contributed by atoms with Crippen molar-refractivity contribution in [2.24, 2.45) is 0 Å². The number of hydrogen-bond acceptors (Lipinski definition) is 3. The summed E-state index contributed by atoms with van der Waals surface area (Å²) in [5, 5.41) is 9.31. The minimum absolute atomic E-state index is 0.748. The molecule has 0 saturated carbocycles. The molecule has 0 aliphatic carbocycles. The van der Waals surface area contributed by atoms with E-state index in [4.69, 9.17) is 12.2 Å². The molecule has 2 aromatic rings. The fourth-order valence-corrected chi connectivity index (χ4v) is 2.86. The van der Waals surface area contributed by atoms with Crippen molar-refractivity contribution in [1.29, 1.82) is 0 Å². The molecule has 17 heavy (non-hydrogen) atoms. The lowest BCUT2D eigenvalue weighted by Crippen LogP contribution is -2.04. The smallest absolute Gasteiger partial charge is 0.195 e. The second kappa shape index (κ2) is 6.12. The van der Waals surface area contributed by atoms with Crippen molar-refractivity contribution in [3.63, 3.8) is 0 Å². The molecular weight excluding hydrogens is 250 g/mol. The van der Waals surface area contributed by atoms with E-state index in [-0.39, 0.29) is 0 Å². The summed E-state index contributed by atoms with van der Waals surface area (Å²) in [6.07, 6.45) is 4.34. The number of aromatic nitrogens is 3. The Bertz CT molecular complexity index is 496. The molecule has 0 spiro atoms. The predicted octanol–water partition coefficient (Wildman–Crippen LogP) is 3.59. The summed E-state index contributed by atoms with van der Waals surface area (Å²) in [5.41, 5.74) is 0. The molecule has 0 fully saturated rings. The lowest BCUT2D eigenvalue weighted by molar-refractivity contribution is 0.618. The zero-order valence-corrected chi connectivity index (χ0v) is 11.6. The largest absolute Gasteiger partial charge is 0.304 e. The lowest BCUT2D eigenvalue weighted by Gasteiger charge is -2.04. The second-order valence-corrected chi connectivity index (χ2v) is 5.45. The molecule has 3 nitrogen and oxygen atoms in total. The van der Waals surface area contributed by atoms with Gasteiger partial charge < -0.3 is 4.57 Å². The first-order valence-corrected chi connectivity index (χ1v) is 7.26. The van der Waals surface area contributed by atoms with Crippen molar-refractivity contribution in [2.75, 3.05) is 0 Å². The second-order valence-electron chi connectivity index (χ2n) is 4.03. The van der Waals surface area contributed by atoms with Gasteiger partial charge in [0.2, 0.25) is 0 Å². The molecule has 0 bridgehead atoms. The fourth-order valence-electron chi connectivity index (χ4n) is 1.87. The van der Waals surface area contributed by atoms with Crippen LogP contribution in [0.3, 0.4) is 0 Å². The third-order valence-electron chi connectivity index (χ3n) is 2.69. The molecule has 0 atom stereocenters. The third kappa shape index (κ3) is 3.26. The lowest BCUT2D eigenvalue weighted by atomic mass is 10.2. The molecule has 2 heterocycles. The van der Waals surface area contributed by atoms with E-state index in [0.29, 0.717) is 0 Å². The van der Waals surface area contributed by atoms with E-state index >= 15 is 0 Å². The minimum atomic E-state index is 0.748. The summed E-state index contributed by atoms with van der Waals surface area (Å²) >= 11 is 7.04. The average molecular weight is 267 g/mol. The summed E-state index contributed by atoms with van der Waals surface area (Å²) in [7, 11) is 0. The average Bonchev–Trinajstić information content (AvgIpc) is 2.93. The molecule has 0 aliphatic rings. The molecule has 2 rings (SSSR count). The Balaban J connectivity index is 1.92. The number of hydrogen-bond donors (Lipinski definition) is 1. The van der Waals surface area contributed by atoms with Gasteiger partial charge in [0.05, 0.1) is 0 Å². The number of aromatic amines is 1. The zero-order chi connectivity index (χ0) is 12.1. The number of rotatable bonds is 6. The first-order valence-electron chi connectivity index (χ1n) is 5.97. The molecule has 0 saturated heterocycles. The van der Waals surface area contributed by atoms with Crippen LogP contribution in [0.25, 0.3) is 0 Å². The minimum Gasteiger partial charge on any atom is -0.304 e. The van der Waals surface area contributed by atoms with Gasteiger partial charge in [-0.1, -0.05) is 13.0 Å². The van der Waals surface area contributed by atoms with Gasteiger partial charge in [0, 0.05) is 17.8 Å². The molecule has 0 aliphatic heterocycles. The Hall–Kier alpha value is -0.940. The number of aryl methyl sites for hydroxylation is 2. The van der Waals surface area contributed by atoms with E-state index in [2.05, 4.69) is 39.2 Å². The highest BCUT2D eigenvalue weighted by Gasteiger charge is 2.05. The van der Waals surface area contributed by atoms with Crippen LogP contribution in [0.5, 0.6) is 0 Å². The van der Waals surface area contributed by atoms with Crippen LogP contribution in [0.15, 0.2) is 17.5 Å². The van der Waals surface area contributed by atoms with Gasteiger partial charge >= 0.3 is 0 Å². The van der Waals surface area contributed by atoms with Gasteiger partial charge in [0.15, 0.2) is 4.77 Å². The van der Waals surface area contributed by atoms with Gasteiger partial charge in [-0.25, -0.2) is 0 Å². The molecule has 1 N–H and O–H groups in total. The highest BCUT2D eigenvalue weighted by molar-refractivity contribution is 7.71. The van der Waals surface area contributed by atoms with Crippen molar-refractivity contribution in [2.45, 2.75) is 39.2 Å². The van der Waals surface area contributed by atoms with Gasteiger partial charge in [-0.05, 0) is 42.9 Å². The fraction of sp³-hybridized carbons (Fsp3) is 0.500. The van der Waals surface area contributed by atoms with Crippen LogP contribution >= 0.6 is 23.6 Å². The number of nitrogens with one attached hydrogen (secondary N) is 1. The van der Waals surface area contributed by atoms with E-state index < -0.39 is 0 Å². The normalized spacial score (nSPS) is 10.9. The Kier molecular flexibility index (Phi) is 4.50. The van der Waals surface area contributed by atoms with Gasteiger partial charge in [0.1, 0.15) is 5.82 Å². The van der Waals surface area contributed by atoms with Crippen molar-refractivity contribution < 1.29 is 0 Å². The number of nitrogens with zero attached hydrogens (tertiary/aromatic N) is 2. The summed E-state index contributed by atoms with van der Waals surface area (Å²) in [6, 6.07) is 4.29. The summed E-state index contributed by atoms with van der Waals surface area (Å²) in [6.45, 7) is 3.12. The van der Waals surface area contributed by atoms with Crippen LogP contribution in [-0.2, 0) is 19.4 Å². The first-order chi connectivity index (χ1) is 8.31. The molecule has 0 aromatic carbocycles. The molecular formula is C12H17N3S2. The van der Waals surface area contributed by atoms with Crippen LogP contribution in [0.4, 0.5) is 0 Å². The van der Waals surface area contributed by atoms with Crippen LogP contribution in [0, 0.1) is 4.77 Å². The van der Waals surface area contributed by atoms with E-state index in [1.54, 1.807) is 0 Å². The maximum absolute atomic E-state index is 5.22. The Morgan fingerprint density at radius 1 is 1.47 bits per heavy atom. The van der Waals surface area contributed by atoms with Gasteiger partial charge in [0.25, 0.3) is 0 Å². The molecule has 2 aromatic heterocycles. The number of H-pyrrole nitrogens is 1. The molecule has 92 valence electrons. The van der Waals surface area contributed by atoms with Crippen molar-refractivity contribution in [3.8, 4) is 0 Å². The summed E-state index contributed by atoms with van der Waals surface area (Å²) < 4.78 is 2.86. The van der Waals surface area contributed by atoms with Crippen LogP contribution < -0.4 is 0 Å². The van der Waals surface area contributed by atoms with E-state index in [1.807, 2.05) is 11.3 Å². The van der Waals surface area contributed by atoms with Crippen LogP contribution in [0.1, 0.15) is 30.5 Å². The highest BCUT2D eigenvalue weighted by Crippen LogP contribution is 2.12. The van der Waals surface area contributed by atoms with Crippen LogP contribution in [0.2, 0.25) is 0 Å². The highest BCUT2D eigenvalue weighted by atomic mass is 32.1. The third-order valence-corrected chi connectivity index (χ3v) is 3.94. The van der Waals surface area contributed by atoms with E-state index in [9.17, 15) is 0 Å². The Labute approximate surface area is 111 Å². The SMILES string of the molecule is CCCn1c(CCCc2cccs2)n[nH]c1=S. The molecule has 0 amide bonds. The standard InChI is InChI=1S/C12H17N3S2/c1-2-8-15-11(13-14-12(15)16)7-3-5-10-6-4-9-17-10/h4,6,9H,2-3,5,7-8H2,1H3,(H,14,16). The van der Waals surface area contributed by atoms with Crippen molar-refractivity contribution >= 4 is 23.6 Å². The Morgan fingerprint density at radius 2 is 2.35 bits per heavy atom. The first kappa shape index (κ1) is 12.5. The summed E-state index contributed by atoms with van der Waals surface area (Å²) in [5.74, 6) is 1.09. The number of thiophene rings is 1. The van der Waals surface area contributed by atoms with Crippen LogP contribution in [-0.4, -0.2) is 14.8 Å². The predicted molar refractivity (Wildman–Crippen MR) is 74.0 cm³/mol. The van der Waals surface area contributed by atoms with E-state index in [0.717, 1.165) is 42.8 Å².